The van der Waals surface area contributed by atoms with Crippen LogP contribution >= 0.6 is 0 Å². The van der Waals surface area contributed by atoms with Gasteiger partial charge in [0.25, 0.3) is 0 Å². The van der Waals surface area contributed by atoms with Crippen LogP contribution in [0.4, 0.5) is 0 Å². The van der Waals surface area contributed by atoms with Gasteiger partial charge in [0.1, 0.15) is 0 Å². The Morgan fingerprint density at radius 2 is 1.04 bits per heavy atom. The highest BCUT2D eigenvalue weighted by atomic mass is 16.5. The highest BCUT2D eigenvalue weighted by Crippen LogP contribution is 2.18. The standard InChI is InChI=1S/C21H24O4/c1-15-5-9-17(10-6-15)19(22)24-13-21(3,4)14-25-20(23)18-11-7-16(2)8-12-18/h5-12H,13-14H2,1-4H3. The second-order valence-electron chi connectivity index (χ2n) is 7.05. The van der Waals surface area contributed by atoms with Gasteiger partial charge in [0, 0.05) is 5.41 Å². The van der Waals surface area contributed by atoms with Crippen LogP contribution in [0, 0.1) is 19.3 Å². The largest absolute Gasteiger partial charge is 0.461 e. The van der Waals surface area contributed by atoms with Crippen molar-refractivity contribution in [2.24, 2.45) is 5.41 Å². The van der Waals surface area contributed by atoms with Gasteiger partial charge >= 0.3 is 11.9 Å². The molecule has 2 rings (SSSR count). The fourth-order valence-electron chi connectivity index (χ4n) is 2.11. The van der Waals surface area contributed by atoms with Gasteiger partial charge in [-0.25, -0.2) is 9.59 Å². The summed E-state index contributed by atoms with van der Waals surface area (Å²) in [6.07, 6.45) is 0. The molecule has 0 aliphatic rings. The molecule has 4 heteroatoms. The molecule has 0 aliphatic carbocycles. The van der Waals surface area contributed by atoms with Crippen molar-refractivity contribution >= 4 is 11.9 Å². The van der Waals surface area contributed by atoms with Gasteiger partial charge in [-0.2, -0.15) is 0 Å². The average molecular weight is 340 g/mol. The summed E-state index contributed by atoms with van der Waals surface area (Å²) in [4.78, 5) is 24.1. The van der Waals surface area contributed by atoms with E-state index in [1.807, 2.05) is 52.0 Å². The van der Waals surface area contributed by atoms with Crippen LogP contribution in [0.5, 0.6) is 0 Å². The molecule has 0 heterocycles. The van der Waals surface area contributed by atoms with E-state index in [4.69, 9.17) is 9.47 Å². The second kappa shape index (κ2) is 7.97. The van der Waals surface area contributed by atoms with Crippen LogP contribution in [0.15, 0.2) is 48.5 Å². The van der Waals surface area contributed by atoms with Crippen molar-refractivity contribution in [3.05, 3.63) is 70.8 Å². The zero-order chi connectivity index (χ0) is 18.4. The number of carbonyl (C=O) groups excluding carboxylic acids is 2. The van der Waals surface area contributed by atoms with E-state index in [0.29, 0.717) is 11.1 Å². The van der Waals surface area contributed by atoms with Gasteiger partial charge in [0.2, 0.25) is 0 Å². The van der Waals surface area contributed by atoms with Gasteiger partial charge in [0.15, 0.2) is 0 Å². The number of benzene rings is 2. The summed E-state index contributed by atoms with van der Waals surface area (Å²) < 4.78 is 10.7. The summed E-state index contributed by atoms with van der Waals surface area (Å²) in [6.45, 7) is 8.03. The maximum Gasteiger partial charge on any atom is 0.338 e. The summed E-state index contributed by atoms with van der Waals surface area (Å²) in [6, 6.07) is 14.4. The molecule has 0 aliphatic heterocycles. The van der Waals surface area contributed by atoms with E-state index in [2.05, 4.69) is 0 Å². The van der Waals surface area contributed by atoms with Crippen molar-refractivity contribution in [1.29, 1.82) is 0 Å². The Morgan fingerprint density at radius 3 is 1.36 bits per heavy atom. The Bertz CT molecular complexity index is 664. The second-order valence-corrected chi connectivity index (χ2v) is 7.05. The third-order valence-corrected chi connectivity index (χ3v) is 3.76. The molecule has 0 N–H and O–H groups in total. The first-order valence-corrected chi connectivity index (χ1v) is 8.24. The minimum Gasteiger partial charge on any atom is -0.461 e. The van der Waals surface area contributed by atoms with Gasteiger partial charge in [-0.1, -0.05) is 49.2 Å². The highest BCUT2D eigenvalue weighted by molar-refractivity contribution is 5.90. The van der Waals surface area contributed by atoms with Crippen LogP contribution in [0.2, 0.25) is 0 Å². The van der Waals surface area contributed by atoms with E-state index < -0.39 is 5.41 Å². The SMILES string of the molecule is Cc1ccc(C(=O)OCC(C)(C)COC(=O)c2ccc(C)cc2)cc1. The molecule has 0 unspecified atom stereocenters. The summed E-state index contributed by atoms with van der Waals surface area (Å²) in [5.41, 5.74) is 2.72. The maximum absolute atomic E-state index is 12.1. The molecule has 0 saturated carbocycles. The van der Waals surface area contributed by atoms with Crippen molar-refractivity contribution in [2.75, 3.05) is 13.2 Å². The van der Waals surface area contributed by atoms with Crippen molar-refractivity contribution in [1.82, 2.24) is 0 Å². The van der Waals surface area contributed by atoms with E-state index in [1.54, 1.807) is 24.3 Å². The minimum atomic E-state index is -0.472. The molecule has 132 valence electrons. The molecule has 0 spiro atoms. The number of rotatable bonds is 6. The Hall–Kier alpha value is -2.62. The number of hydrogen-bond donors (Lipinski definition) is 0. The third kappa shape index (κ3) is 5.75. The maximum atomic E-state index is 12.1. The van der Waals surface area contributed by atoms with Gasteiger partial charge in [-0.05, 0) is 38.1 Å². The molecule has 2 aromatic rings. The van der Waals surface area contributed by atoms with E-state index in [0.717, 1.165) is 11.1 Å². The molecule has 0 fully saturated rings. The molecule has 0 aromatic heterocycles. The third-order valence-electron chi connectivity index (χ3n) is 3.76. The van der Waals surface area contributed by atoms with Crippen molar-refractivity contribution in [3.8, 4) is 0 Å². The number of esters is 2. The molecule has 0 radical (unpaired) electrons. The predicted molar refractivity (Wildman–Crippen MR) is 96.7 cm³/mol. The van der Waals surface area contributed by atoms with Crippen LogP contribution in [0.3, 0.4) is 0 Å². The van der Waals surface area contributed by atoms with Crippen molar-refractivity contribution in [2.45, 2.75) is 27.7 Å². The van der Waals surface area contributed by atoms with Gasteiger partial charge in [0.05, 0.1) is 24.3 Å². The first-order chi connectivity index (χ1) is 11.8. The van der Waals surface area contributed by atoms with Crippen molar-refractivity contribution in [3.63, 3.8) is 0 Å². The van der Waals surface area contributed by atoms with Crippen LogP contribution < -0.4 is 0 Å². The highest BCUT2D eigenvalue weighted by Gasteiger charge is 2.23. The van der Waals surface area contributed by atoms with E-state index >= 15 is 0 Å². The number of hydrogen-bond acceptors (Lipinski definition) is 4. The Labute approximate surface area is 148 Å². The monoisotopic (exact) mass is 340 g/mol. The molecular formula is C21H24O4. The molecule has 25 heavy (non-hydrogen) atoms. The average Bonchev–Trinajstić information content (AvgIpc) is 2.59. The van der Waals surface area contributed by atoms with E-state index in [-0.39, 0.29) is 25.2 Å². The van der Waals surface area contributed by atoms with Crippen LogP contribution in [0.25, 0.3) is 0 Å². The molecule has 0 bridgehead atoms. The summed E-state index contributed by atoms with van der Waals surface area (Å²) >= 11 is 0. The lowest BCUT2D eigenvalue weighted by Crippen LogP contribution is -2.28. The van der Waals surface area contributed by atoms with E-state index in [1.165, 1.54) is 0 Å². The molecular weight excluding hydrogens is 316 g/mol. The molecule has 0 amide bonds. The summed E-state index contributed by atoms with van der Waals surface area (Å²) in [7, 11) is 0. The van der Waals surface area contributed by atoms with Crippen LogP contribution in [0.1, 0.15) is 45.7 Å². The fraction of sp³-hybridized carbons (Fsp3) is 0.333. The Balaban J connectivity index is 1.84. The van der Waals surface area contributed by atoms with Gasteiger partial charge in [-0.15, -0.1) is 0 Å². The zero-order valence-corrected chi connectivity index (χ0v) is 15.2. The number of carbonyl (C=O) groups is 2. The lowest BCUT2D eigenvalue weighted by Gasteiger charge is -2.23. The molecule has 0 atom stereocenters. The lowest BCUT2D eigenvalue weighted by molar-refractivity contribution is 0.00616. The Kier molecular flexibility index (Phi) is 5.97. The number of aryl methyl sites for hydroxylation is 2. The zero-order valence-electron chi connectivity index (χ0n) is 15.2. The molecule has 0 saturated heterocycles. The summed E-state index contributed by atoms with van der Waals surface area (Å²) in [5, 5.41) is 0. The summed E-state index contributed by atoms with van der Waals surface area (Å²) in [5.74, 6) is -0.754. The van der Waals surface area contributed by atoms with Crippen LogP contribution in [-0.4, -0.2) is 25.2 Å². The van der Waals surface area contributed by atoms with Crippen LogP contribution in [-0.2, 0) is 9.47 Å². The Morgan fingerprint density at radius 1 is 0.720 bits per heavy atom. The van der Waals surface area contributed by atoms with Gasteiger partial charge in [-0.3, -0.25) is 0 Å². The normalized spacial score (nSPS) is 11.0. The first-order valence-electron chi connectivity index (χ1n) is 8.24. The van der Waals surface area contributed by atoms with Gasteiger partial charge < -0.3 is 9.47 Å². The predicted octanol–water partition coefficient (Wildman–Crippen LogP) is 4.34. The lowest BCUT2D eigenvalue weighted by atomic mass is 9.96. The first kappa shape index (κ1) is 18.7. The quantitative estimate of drug-likeness (QED) is 0.734. The molecule has 2 aromatic carbocycles. The fourth-order valence-corrected chi connectivity index (χ4v) is 2.11. The number of ether oxygens (including phenoxy) is 2. The van der Waals surface area contributed by atoms with Crippen molar-refractivity contribution < 1.29 is 19.1 Å². The van der Waals surface area contributed by atoms with E-state index in [9.17, 15) is 9.59 Å². The minimum absolute atomic E-state index is 0.168. The topological polar surface area (TPSA) is 52.6 Å². The smallest absolute Gasteiger partial charge is 0.338 e. The molecule has 4 nitrogen and oxygen atoms in total.